The Kier molecular flexibility index (Phi) is 3.29. The van der Waals surface area contributed by atoms with Crippen molar-refractivity contribution in [3.63, 3.8) is 0 Å². The van der Waals surface area contributed by atoms with E-state index in [-0.39, 0.29) is 5.56 Å². The molecule has 0 aliphatic heterocycles. The van der Waals surface area contributed by atoms with Gasteiger partial charge < -0.3 is 10.4 Å². The number of anilines is 1. The van der Waals surface area contributed by atoms with Crippen LogP contribution in [0.1, 0.15) is 29.6 Å². The lowest BCUT2D eigenvalue weighted by Gasteiger charge is -2.25. The van der Waals surface area contributed by atoms with Crippen LogP contribution in [0.25, 0.3) is 0 Å². The molecule has 5 heteroatoms. The Hall–Kier alpha value is -1.29. The lowest BCUT2D eigenvalue weighted by atomic mass is 9.85. The minimum Gasteiger partial charge on any atom is -0.478 e. The third-order valence-electron chi connectivity index (χ3n) is 2.87. The topological polar surface area (TPSA) is 62.2 Å². The minimum atomic E-state index is -0.986. The summed E-state index contributed by atoms with van der Waals surface area (Å²) in [5.41, 5.74) is 0.170. The maximum absolute atomic E-state index is 10.9. The number of nitrogens with one attached hydrogen (secondary N) is 1. The van der Waals surface area contributed by atoms with Crippen LogP contribution >= 0.6 is 11.6 Å². The number of rotatable bonds is 4. The molecule has 0 spiro atoms. The van der Waals surface area contributed by atoms with E-state index in [0.717, 1.165) is 6.54 Å². The SMILES string of the molecule is O=C(O)c1ccc(Cl)nc1NCC1CCC1. The zero-order valence-electron chi connectivity index (χ0n) is 8.74. The number of carboxylic acids is 1. The molecule has 1 aliphatic carbocycles. The normalized spacial score (nSPS) is 15.6. The van der Waals surface area contributed by atoms with Gasteiger partial charge in [0.05, 0.1) is 0 Å². The Morgan fingerprint density at radius 3 is 2.88 bits per heavy atom. The van der Waals surface area contributed by atoms with E-state index >= 15 is 0 Å². The Morgan fingerprint density at radius 1 is 1.56 bits per heavy atom. The molecule has 0 saturated heterocycles. The van der Waals surface area contributed by atoms with E-state index in [1.807, 2.05) is 0 Å². The highest BCUT2D eigenvalue weighted by atomic mass is 35.5. The van der Waals surface area contributed by atoms with Gasteiger partial charge in [0.15, 0.2) is 0 Å². The van der Waals surface area contributed by atoms with Crippen molar-refractivity contribution in [3.05, 3.63) is 22.8 Å². The maximum atomic E-state index is 10.9. The highest BCUT2D eigenvalue weighted by Gasteiger charge is 2.18. The van der Waals surface area contributed by atoms with E-state index in [9.17, 15) is 4.79 Å². The van der Waals surface area contributed by atoms with Crippen molar-refractivity contribution in [2.24, 2.45) is 5.92 Å². The lowest BCUT2D eigenvalue weighted by Crippen LogP contribution is -2.22. The Labute approximate surface area is 98.6 Å². The van der Waals surface area contributed by atoms with Crippen LogP contribution in [0.3, 0.4) is 0 Å². The molecule has 16 heavy (non-hydrogen) atoms. The second-order valence-corrected chi connectivity index (χ2v) is 4.40. The summed E-state index contributed by atoms with van der Waals surface area (Å²) >= 11 is 5.74. The first-order chi connectivity index (χ1) is 7.66. The molecular weight excluding hydrogens is 228 g/mol. The summed E-state index contributed by atoms with van der Waals surface area (Å²) in [6, 6.07) is 2.96. The fraction of sp³-hybridized carbons (Fsp3) is 0.455. The van der Waals surface area contributed by atoms with Gasteiger partial charge in [0, 0.05) is 6.54 Å². The van der Waals surface area contributed by atoms with Gasteiger partial charge in [-0.15, -0.1) is 0 Å². The molecule has 0 aromatic carbocycles. The third kappa shape index (κ3) is 2.44. The van der Waals surface area contributed by atoms with Crippen molar-refractivity contribution in [3.8, 4) is 0 Å². The Balaban J connectivity index is 2.09. The Morgan fingerprint density at radius 2 is 2.31 bits per heavy atom. The first-order valence-electron chi connectivity index (χ1n) is 5.30. The number of carbonyl (C=O) groups is 1. The van der Waals surface area contributed by atoms with E-state index in [1.54, 1.807) is 0 Å². The van der Waals surface area contributed by atoms with Crippen molar-refractivity contribution < 1.29 is 9.90 Å². The summed E-state index contributed by atoms with van der Waals surface area (Å²) in [6.45, 7) is 0.771. The van der Waals surface area contributed by atoms with Crippen LogP contribution in [0.4, 0.5) is 5.82 Å². The molecular formula is C11H13ClN2O2. The number of aromatic nitrogens is 1. The van der Waals surface area contributed by atoms with E-state index in [0.29, 0.717) is 16.9 Å². The zero-order valence-corrected chi connectivity index (χ0v) is 9.50. The van der Waals surface area contributed by atoms with Crippen molar-refractivity contribution in [2.45, 2.75) is 19.3 Å². The van der Waals surface area contributed by atoms with Crippen molar-refractivity contribution >= 4 is 23.4 Å². The van der Waals surface area contributed by atoms with Gasteiger partial charge in [-0.25, -0.2) is 9.78 Å². The van der Waals surface area contributed by atoms with Crippen molar-refractivity contribution in [1.82, 2.24) is 4.98 Å². The van der Waals surface area contributed by atoms with Gasteiger partial charge in [-0.1, -0.05) is 18.0 Å². The molecule has 1 aliphatic rings. The largest absolute Gasteiger partial charge is 0.478 e. The summed E-state index contributed by atoms with van der Waals surface area (Å²) < 4.78 is 0. The van der Waals surface area contributed by atoms with Gasteiger partial charge in [0.2, 0.25) is 0 Å². The van der Waals surface area contributed by atoms with E-state index in [1.165, 1.54) is 31.4 Å². The number of nitrogens with zero attached hydrogens (tertiary/aromatic N) is 1. The summed E-state index contributed by atoms with van der Waals surface area (Å²) in [6.07, 6.45) is 3.67. The van der Waals surface area contributed by atoms with Crippen LogP contribution in [-0.4, -0.2) is 22.6 Å². The zero-order chi connectivity index (χ0) is 11.5. The molecule has 1 heterocycles. The molecule has 1 aromatic heterocycles. The van der Waals surface area contributed by atoms with E-state index in [4.69, 9.17) is 16.7 Å². The van der Waals surface area contributed by atoms with E-state index in [2.05, 4.69) is 10.3 Å². The summed E-state index contributed by atoms with van der Waals surface area (Å²) in [7, 11) is 0. The smallest absolute Gasteiger partial charge is 0.339 e. The van der Waals surface area contributed by atoms with Crippen LogP contribution in [-0.2, 0) is 0 Å². The number of pyridine rings is 1. The van der Waals surface area contributed by atoms with E-state index < -0.39 is 5.97 Å². The van der Waals surface area contributed by atoms with Gasteiger partial charge in [-0.3, -0.25) is 0 Å². The monoisotopic (exact) mass is 240 g/mol. The first kappa shape index (κ1) is 11.2. The molecule has 1 aromatic rings. The third-order valence-corrected chi connectivity index (χ3v) is 3.09. The van der Waals surface area contributed by atoms with Crippen LogP contribution in [0.5, 0.6) is 0 Å². The average molecular weight is 241 g/mol. The first-order valence-corrected chi connectivity index (χ1v) is 5.68. The predicted molar refractivity (Wildman–Crippen MR) is 62.0 cm³/mol. The summed E-state index contributed by atoms with van der Waals surface area (Å²) in [5.74, 6) is 0.0228. The molecule has 2 N–H and O–H groups in total. The van der Waals surface area contributed by atoms with Gasteiger partial charge in [-0.05, 0) is 30.9 Å². The van der Waals surface area contributed by atoms with Crippen LogP contribution in [0.2, 0.25) is 5.15 Å². The molecule has 0 radical (unpaired) electrons. The highest BCUT2D eigenvalue weighted by Crippen LogP contribution is 2.27. The second kappa shape index (κ2) is 4.70. The van der Waals surface area contributed by atoms with Crippen LogP contribution in [0.15, 0.2) is 12.1 Å². The molecule has 0 amide bonds. The molecule has 4 nitrogen and oxygen atoms in total. The van der Waals surface area contributed by atoms with Gasteiger partial charge in [-0.2, -0.15) is 0 Å². The maximum Gasteiger partial charge on any atom is 0.339 e. The number of halogens is 1. The van der Waals surface area contributed by atoms with Gasteiger partial charge in [0.1, 0.15) is 16.5 Å². The van der Waals surface area contributed by atoms with Gasteiger partial charge in [0.25, 0.3) is 0 Å². The summed E-state index contributed by atoms with van der Waals surface area (Å²) in [4.78, 5) is 14.9. The fourth-order valence-corrected chi connectivity index (χ4v) is 1.83. The number of hydrogen-bond donors (Lipinski definition) is 2. The summed E-state index contributed by atoms with van der Waals surface area (Å²) in [5, 5.41) is 12.3. The number of aromatic carboxylic acids is 1. The predicted octanol–water partition coefficient (Wildman–Crippen LogP) is 2.65. The van der Waals surface area contributed by atoms with Gasteiger partial charge >= 0.3 is 5.97 Å². The number of carboxylic acid groups (broad SMARTS) is 1. The lowest BCUT2D eigenvalue weighted by molar-refractivity contribution is 0.0697. The second-order valence-electron chi connectivity index (χ2n) is 4.01. The molecule has 0 atom stereocenters. The number of hydrogen-bond acceptors (Lipinski definition) is 3. The molecule has 1 saturated carbocycles. The van der Waals surface area contributed by atoms with Crippen molar-refractivity contribution in [1.29, 1.82) is 0 Å². The molecule has 0 unspecified atom stereocenters. The van der Waals surface area contributed by atoms with Crippen LogP contribution in [0, 0.1) is 5.92 Å². The highest BCUT2D eigenvalue weighted by molar-refractivity contribution is 6.29. The van der Waals surface area contributed by atoms with Crippen molar-refractivity contribution in [2.75, 3.05) is 11.9 Å². The molecule has 2 rings (SSSR count). The fourth-order valence-electron chi connectivity index (χ4n) is 1.68. The molecule has 0 bridgehead atoms. The standard InChI is InChI=1S/C11H13ClN2O2/c12-9-5-4-8(11(15)16)10(14-9)13-6-7-2-1-3-7/h4-5,7H,1-3,6H2,(H,13,14)(H,15,16). The average Bonchev–Trinajstić information content (AvgIpc) is 2.14. The quantitative estimate of drug-likeness (QED) is 0.795. The molecule has 1 fully saturated rings. The Bertz CT molecular complexity index is 405. The minimum absolute atomic E-state index is 0.170. The molecule has 86 valence electrons. The van der Waals surface area contributed by atoms with Crippen LogP contribution < -0.4 is 5.32 Å².